The van der Waals surface area contributed by atoms with E-state index in [1.54, 1.807) is 0 Å². The fourth-order valence-corrected chi connectivity index (χ4v) is 1.97. The second-order valence-electron chi connectivity index (χ2n) is 4.54. The molecule has 17 heavy (non-hydrogen) atoms. The molecule has 0 bridgehead atoms. The van der Waals surface area contributed by atoms with Gasteiger partial charge in [-0.05, 0) is 44.9 Å². The van der Waals surface area contributed by atoms with Gasteiger partial charge in [-0.2, -0.15) is 0 Å². The fraction of sp³-hybridized carbons (Fsp3) is 0.500. The van der Waals surface area contributed by atoms with Gasteiger partial charge in [-0.25, -0.2) is 0 Å². The van der Waals surface area contributed by atoms with E-state index in [1.807, 2.05) is 6.92 Å². The average Bonchev–Trinajstić information content (AvgIpc) is 2.26. The summed E-state index contributed by atoms with van der Waals surface area (Å²) in [5.74, 6) is 0.0722. The molecule has 1 unspecified atom stereocenters. The minimum absolute atomic E-state index is 0.0564. The van der Waals surface area contributed by atoms with Crippen LogP contribution in [0.1, 0.15) is 42.5 Å². The van der Waals surface area contributed by atoms with Gasteiger partial charge in [0, 0.05) is 6.42 Å². The number of hydrogen-bond donors (Lipinski definition) is 2. The number of nitrogens with two attached hydrogens (primary N) is 1. The molecular formula is C14H22N2O. The largest absolute Gasteiger partial charge is 0.350 e. The Bertz CT molecular complexity index is 388. The Morgan fingerprint density at radius 1 is 1.41 bits per heavy atom. The summed E-state index contributed by atoms with van der Waals surface area (Å²) < 4.78 is 0. The van der Waals surface area contributed by atoms with Crippen LogP contribution in [0, 0.1) is 13.8 Å². The molecule has 0 fully saturated rings. The summed E-state index contributed by atoms with van der Waals surface area (Å²) in [6.45, 7) is 6.72. The summed E-state index contributed by atoms with van der Waals surface area (Å²) in [5.41, 5.74) is 9.02. The van der Waals surface area contributed by atoms with E-state index in [9.17, 15) is 4.79 Å². The number of hydrogen-bond acceptors (Lipinski definition) is 2. The molecule has 1 aromatic rings. The smallest absolute Gasteiger partial charge is 0.220 e. The first-order chi connectivity index (χ1) is 8.04. The zero-order valence-corrected chi connectivity index (χ0v) is 10.9. The quantitative estimate of drug-likeness (QED) is 0.820. The Balaban J connectivity index is 2.63. The maximum atomic E-state index is 11.6. The SMILES string of the molecule is Cc1ccc(C(C)NC(=O)CCCN)c(C)c1. The number of nitrogens with one attached hydrogen (secondary N) is 1. The molecule has 0 saturated heterocycles. The molecule has 1 amide bonds. The van der Waals surface area contributed by atoms with E-state index < -0.39 is 0 Å². The number of carbonyl (C=O) groups is 1. The lowest BCUT2D eigenvalue weighted by Gasteiger charge is -2.17. The van der Waals surface area contributed by atoms with Crippen LogP contribution < -0.4 is 11.1 Å². The molecule has 0 aromatic heterocycles. The van der Waals surface area contributed by atoms with E-state index in [0.29, 0.717) is 13.0 Å². The highest BCUT2D eigenvalue weighted by atomic mass is 16.1. The molecular weight excluding hydrogens is 212 g/mol. The van der Waals surface area contributed by atoms with Gasteiger partial charge in [0.1, 0.15) is 0 Å². The van der Waals surface area contributed by atoms with Crippen LogP contribution >= 0.6 is 0 Å². The molecule has 0 heterocycles. The lowest BCUT2D eigenvalue weighted by molar-refractivity contribution is -0.121. The van der Waals surface area contributed by atoms with Crippen LogP contribution in [0.4, 0.5) is 0 Å². The first-order valence-electron chi connectivity index (χ1n) is 6.11. The van der Waals surface area contributed by atoms with Gasteiger partial charge in [0.2, 0.25) is 5.91 Å². The molecule has 3 N–H and O–H groups in total. The van der Waals surface area contributed by atoms with Crippen molar-refractivity contribution in [2.24, 2.45) is 5.73 Å². The second kappa shape index (κ2) is 6.40. The number of amides is 1. The standard InChI is InChI=1S/C14H22N2O/c1-10-6-7-13(11(2)9-10)12(3)16-14(17)5-4-8-15/h6-7,9,12H,4-5,8,15H2,1-3H3,(H,16,17). The summed E-state index contributed by atoms with van der Waals surface area (Å²) in [5, 5.41) is 3.00. The predicted octanol–water partition coefficient (Wildman–Crippen LogP) is 2.22. The van der Waals surface area contributed by atoms with Crippen LogP contribution in [-0.4, -0.2) is 12.5 Å². The van der Waals surface area contributed by atoms with Gasteiger partial charge in [0.15, 0.2) is 0 Å². The van der Waals surface area contributed by atoms with Gasteiger partial charge in [-0.3, -0.25) is 4.79 Å². The van der Waals surface area contributed by atoms with E-state index in [2.05, 4.69) is 37.4 Å². The van der Waals surface area contributed by atoms with Crippen molar-refractivity contribution in [2.75, 3.05) is 6.54 Å². The highest BCUT2D eigenvalue weighted by molar-refractivity contribution is 5.76. The van der Waals surface area contributed by atoms with Crippen molar-refractivity contribution in [2.45, 2.75) is 39.7 Å². The maximum absolute atomic E-state index is 11.6. The van der Waals surface area contributed by atoms with E-state index in [1.165, 1.54) is 16.7 Å². The fourth-order valence-electron chi connectivity index (χ4n) is 1.97. The molecule has 1 rings (SSSR count). The van der Waals surface area contributed by atoms with Crippen LogP contribution in [0.5, 0.6) is 0 Å². The molecule has 0 aliphatic heterocycles. The van der Waals surface area contributed by atoms with Gasteiger partial charge >= 0.3 is 0 Å². The minimum atomic E-state index is 0.0564. The molecule has 0 radical (unpaired) electrons. The average molecular weight is 234 g/mol. The molecule has 1 aromatic carbocycles. The van der Waals surface area contributed by atoms with Gasteiger partial charge in [0.05, 0.1) is 6.04 Å². The first-order valence-corrected chi connectivity index (χ1v) is 6.11. The molecule has 0 aliphatic rings. The van der Waals surface area contributed by atoms with Gasteiger partial charge in [-0.15, -0.1) is 0 Å². The Kier molecular flexibility index (Phi) is 5.16. The minimum Gasteiger partial charge on any atom is -0.350 e. The molecule has 0 aliphatic carbocycles. The van der Waals surface area contributed by atoms with Gasteiger partial charge < -0.3 is 11.1 Å². The summed E-state index contributed by atoms with van der Waals surface area (Å²) in [7, 11) is 0. The normalized spacial score (nSPS) is 12.2. The molecule has 3 heteroatoms. The molecule has 0 saturated carbocycles. The number of aryl methyl sites for hydroxylation is 2. The summed E-state index contributed by atoms with van der Waals surface area (Å²) >= 11 is 0. The number of benzene rings is 1. The van der Waals surface area contributed by atoms with Crippen LogP contribution in [0.15, 0.2) is 18.2 Å². The van der Waals surface area contributed by atoms with E-state index in [0.717, 1.165) is 6.42 Å². The van der Waals surface area contributed by atoms with Gasteiger partial charge in [-0.1, -0.05) is 23.8 Å². The Morgan fingerprint density at radius 2 is 2.12 bits per heavy atom. The molecule has 1 atom stereocenters. The Hall–Kier alpha value is -1.35. The highest BCUT2D eigenvalue weighted by Crippen LogP contribution is 2.18. The van der Waals surface area contributed by atoms with Crippen molar-refractivity contribution >= 4 is 5.91 Å². The maximum Gasteiger partial charge on any atom is 0.220 e. The molecule has 3 nitrogen and oxygen atoms in total. The number of carbonyl (C=O) groups excluding carboxylic acids is 1. The van der Waals surface area contributed by atoms with Crippen molar-refractivity contribution in [1.82, 2.24) is 5.32 Å². The summed E-state index contributed by atoms with van der Waals surface area (Å²) in [4.78, 5) is 11.6. The van der Waals surface area contributed by atoms with Crippen molar-refractivity contribution in [1.29, 1.82) is 0 Å². The van der Waals surface area contributed by atoms with E-state index >= 15 is 0 Å². The molecule has 94 valence electrons. The van der Waals surface area contributed by atoms with Crippen molar-refractivity contribution < 1.29 is 4.79 Å². The zero-order chi connectivity index (χ0) is 12.8. The lowest BCUT2D eigenvalue weighted by Crippen LogP contribution is -2.27. The topological polar surface area (TPSA) is 55.1 Å². The van der Waals surface area contributed by atoms with Gasteiger partial charge in [0.25, 0.3) is 0 Å². The third-order valence-corrected chi connectivity index (χ3v) is 2.88. The highest BCUT2D eigenvalue weighted by Gasteiger charge is 2.11. The lowest BCUT2D eigenvalue weighted by atomic mass is 10.0. The van der Waals surface area contributed by atoms with Crippen LogP contribution in [0.25, 0.3) is 0 Å². The van der Waals surface area contributed by atoms with Crippen molar-refractivity contribution in [3.8, 4) is 0 Å². The van der Waals surface area contributed by atoms with E-state index in [4.69, 9.17) is 5.73 Å². The van der Waals surface area contributed by atoms with Crippen molar-refractivity contribution in [3.05, 3.63) is 34.9 Å². The Morgan fingerprint density at radius 3 is 2.71 bits per heavy atom. The third kappa shape index (κ3) is 4.19. The van der Waals surface area contributed by atoms with Crippen LogP contribution in [-0.2, 0) is 4.79 Å². The summed E-state index contributed by atoms with van der Waals surface area (Å²) in [6, 6.07) is 6.35. The predicted molar refractivity (Wildman–Crippen MR) is 70.8 cm³/mol. The Labute approximate surface area is 103 Å². The zero-order valence-electron chi connectivity index (χ0n) is 10.9. The second-order valence-corrected chi connectivity index (χ2v) is 4.54. The molecule has 0 spiro atoms. The van der Waals surface area contributed by atoms with Crippen LogP contribution in [0.2, 0.25) is 0 Å². The summed E-state index contributed by atoms with van der Waals surface area (Å²) in [6.07, 6.45) is 1.25. The number of rotatable bonds is 5. The van der Waals surface area contributed by atoms with Crippen LogP contribution in [0.3, 0.4) is 0 Å². The third-order valence-electron chi connectivity index (χ3n) is 2.88. The van der Waals surface area contributed by atoms with E-state index in [-0.39, 0.29) is 11.9 Å². The first kappa shape index (κ1) is 13.7. The van der Waals surface area contributed by atoms with Crippen molar-refractivity contribution in [3.63, 3.8) is 0 Å². The monoisotopic (exact) mass is 234 g/mol.